The molecule has 3 aliphatic heterocycles. The van der Waals surface area contributed by atoms with Gasteiger partial charge in [0, 0.05) is 97.6 Å². The van der Waals surface area contributed by atoms with E-state index in [9.17, 15) is 24.3 Å². The number of aliphatic imine (C=N–C) groups is 1. The van der Waals surface area contributed by atoms with Crippen LogP contribution in [0.15, 0.2) is 65.0 Å². The first-order chi connectivity index (χ1) is 32.9. The number of thiophene rings is 2. The molecule has 0 unspecified atom stereocenters. The van der Waals surface area contributed by atoms with Crippen LogP contribution in [0.2, 0.25) is 5.02 Å². The molecule has 2 saturated heterocycles. The molecule has 366 valence electrons. The van der Waals surface area contributed by atoms with E-state index in [0.29, 0.717) is 30.5 Å². The zero-order valence-corrected chi connectivity index (χ0v) is 42.9. The largest absolute Gasteiger partial charge is 0.391 e. The number of carbonyl (C=O) groups excluding carboxylic acids is 4. The Balaban J connectivity index is 0.793. The van der Waals surface area contributed by atoms with Crippen molar-refractivity contribution < 1.29 is 24.3 Å². The van der Waals surface area contributed by atoms with E-state index in [0.717, 1.165) is 70.5 Å². The number of aryl methyl sites for hydroxylation is 3. The lowest BCUT2D eigenvalue weighted by Crippen LogP contribution is -2.58. The molecular weight excluding hydrogens is 932 g/mol. The summed E-state index contributed by atoms with van der Waals surface area (Å²) in [4.78, 5) is 68.3. The molecule has 0 aliphatic carbocycles. The van der Waals surface area contributed by atoms with E-state index in [2.05, 4.69) is 68.2 Å². The van der Waals surface area contributed by atoms with Gasteiger partial charge in [-0.15, -0.1) is 32.9 Å². The highest BCUT2D eigenvalue weighted by molar-refractivity contribution is 7.15. The predicted molar refractivity (Wildman–Crippen MR) is 272 cm³/mol. The van der Waals surface area contributed by atoms with Gasteiger partial charge in [0.15, 0.2) is 5.82 Å². The van der Waals surface area contributed by atoms with E-state index in [1.807, 2.05) is 80.8 Å². The van der Waals surface area contributed by atoms with Crippen LogP contribution in [0.25, 0.3) is 15.4 Å². The molecule has 8 rings (SSSR count). The fourth-order valence-corrected chi connectivity index (χ4v) is 11.6. The molecule has 69 heavy (non-hydrogen) atoms. The minimum absolute atomic E-state index is 0.0168. The number of likely N-dealkylation sites (tertiary alicyclic amines) is 1. The van der Waals surface area contributed by atoms with E-state index >= 15 is 0 Å². The Labute approximate surface area is 417 Å². The fraction of sp³-hybridized carbons (Fsp3) is 0.471. The minimum Gasteiger partial charge on any atom is -0.391 e. The zero-order valence-electron chi connectivity index (χ0n) is 40.5. The van der Waals surface area contributed by atoms with E-state index in [-0.39, 0.29) is 56.0 Å². The molecule has 3 aromatic heterocycles. The van der Waals surface area contributed by atoms with Crippen LogP contribution in [-0.2, 0) is 25.7 Å². The molecule has 4 N–H and O–H groups in total. The SMILES string of the molecule is Cc1ccsc1-c1ccc(CNC(=O)[C@@H]2C[C@@H](O)CN2C(=O)[C@@H](NC(=O)CCN2CCN(CCNC(=O)C[C@@H]3N=C(c4ccc(Cl)cc4)c4c(sc(C)c4C)-n4c(C)nnc43)CC2)C(C)(C)C)cc1. The van der Waals surface area contributed by atoms with Crippen molar-refractivity contribution in [3.05, 3.63) is 109 Å². The number of carbonyl (C=O) groups is 4. The average molecular weight is 996 g/mol. The van der Waals surface area contributed by atoms with Gasteiger partial charge in [-0.25, -0.2) is 0 Å². The summed E-state index contributed by atoms with van der Waals surface area (Å²) in [7, 11) is 0. The van der Waals surface area contributed by atoms with Gasteiger partial charge in [-0.05, 0) is 78.9 Å². The second-order valence-corrected chi connectivity index (χ2v) is 22.1. The maximum atomic E-state index is 14.2. The summed E-state index contributed by atoms with van der Waals surface area (Å²) in [6.07, 6.45) is -0.406. The average Bonchev–Trinajstić information content (AvgIpc) is 4.09. The van der Waals surface area contributed by atoms with E-state index < -0.39 is 29.6 Å². The quantitative estimate of drug-likeness (QED) is 0.0958. The number of piperazine rings is 1. The molecule has 18 heteroatoms. The van der Waals surface area contributed by atoms with Gasteiger partial charge in [-0.2, -0.15) is 0 Å². The van der Waals surface area contributed by atoms with Crippen LogP contribution in [0.3, 0.4) is 0 Å². The fourth-order valence-electron chi connectivity index (χ4n) is 9.33. The molecular formula is C51H63ClN10O5S2. The number of nitrogens with one attached hydrogen (secondary N) is 3. The van der Waals surface area contributed by atoms with Gasteiger partial charge in [0.1, 0.15) is 29.0 Å². The topological polar surface area (TPSA) is 177 Å². The van der Waals surface area contributed by atoms with Crippen LogP contribution >= 0.6 is 34.3 Å². The van der Waals surface area contributed by atoms with Crippen molar-refractivity contribution in [3.63, 3.8) is 0 Å². The van der Waals surface area contributed by atoms with Gasteiger partial charge in [0.2, 0.25) is 23.6 Å². The number of aromatic nitrogens is 3. The number of rotatable bonds is 15. The maximum Gasteiger partial charge on any atom is 0.246 e. The third-order valence-corrected chi connectivity index (χ3v) is 15.9. The lowest BCUT2D eigenvalue weighted by Gasteiger charge is -2.36. The summed E-state index contributed by atoms with van der Waals surface area (Å²) in [5.74, 6) is 0.289. The number of aliphatic hydroxyl groups excluding tert-OH is 1. The van der Waals surface area contributed by atoms with Crippen molar-refractivity contribution in [3.8, 4) is 15.4 Å². The van der Waals surface area contributed by atoms with Crippen LogP contribution < -0.4 is 16.0 Å². The van der Waals surface area contributed by atoms with Gasteiger partial charge >= 0.3 is 0 Å². The summed E-state index contributed by atoms with van der Waals surface area (Å²) >= 11 is 9.63. The molecule has 2 fully saturated rings. The Morgan fingerprint density at radius 2 is 1.55 bits per heavy atom. The zero-order chi connectivity index (χ0) is 49.1. The number of halogens is 1. The van der Waals surface area contributed by atoms with Gasteiger partial charge in [-0.3, -0.25) is 33.6 Å². The van der Waals surface area contributed by atoms with Gasteiger partial charge in [0.05, 0.1) is 18.2 Å². The first kappa shape index (κ1) is 50.1. The number of benzene rings is 2. The van der Waals surface area contributed by atoms with Crippen molar-refractivity contribution in [2.75, 3.05) is 52.4 Å². The highest BCUT2D eigenvalue weighted by Gasteiger charge is 2.44. The second-order valence-electron chi connectivity index (χ2n) is 19.5. The molecule has 4 atom stereocenters. The first-order valence-electron chi connectivity index (χ1n) is 23.7. The maximum absolute atomic E-state index is 14.2. The summed E-state index contributed by atoms with van der Waals surface area (Å²) in [5, 5.41) is 32.4. The smallest absolute Gasteiger partial charge is 0.246 e. The first-order valence-corrected chi connectivity index (χ1v) is 25.8. The summed E-state index contributed by atoms with van der Waals surface area (Å²) in [5.41, 5.74) is 6.49. The lowest BCUT2D eigenvalue weighted by molar-refractivity contribution is -0.144. The number of nitrogens with zero attached hydrogens (tertiary/aromatic N) is 7. The van der Waals surface area contributed by atoms with Crippen molar-refractivity contribution >= 4 is 63.6 Å². The number of hydrogen-bond acceptors (Lipinski definition) is 12. The number of β-amino-alcohol motifs (C(OH)–C–C–N with tert-alkyl or cyclic N) is 1. The number of aliphatic hydroxyl groups is 1. The molecule has 2 aromatic carbocycles. The van der Waals surface area contributed by atoms with Crippen LogP contribution in [0, 0.1) is 33.1 Å². The number of hydrogen-bond donors (Lipinski definition) is 4. The van der Waals surface area contributed by atoms with Crippen LogP contribution in [-0.4, -0.2) is 134 Å². The molecule has 5 aromatic rings. The normalized spacial score (nSPS) is 19.1. The third kappa shape index (κ3) is 11.5. The standard InChI is InChI=1S/C51H63ClN10O5S2/c1-30-17-25-68-45(30)36-10-8-34(9-11-36)28-54-48(66)40-26-38(63)29-61(40)49(67)46(51(5,6)7)56-41(64)16-19-59-21-23-60(24-22-59)20-18-53-42(65)27-39-47-58-57-33(4)62(47)50-43(31(2)32(3)69-50)44(55-39)35-12-14-37(52)15-13-35/h8-15,17,25,38-40,46,63H,16,18-24,26-29H2,1-7H3,(H,53,65)(H,54,66)(H,56,64)/t38-,39+,40+,46-/m1/s1. The van der Waals surface area contributed by atoms with Crippen LogP contribution in [0.4, 0.5) is 0 Å². The second kappa shape index (κ2) is 21.4. The predicted octanol–water partition coefficient (Wildman–Crippen LogP) is 6.16. The number of fused-ring (bicyclic) bond motifs is 3. The Morgan fingerprint density at radius 1 is 0.870 bits per heavy atom. The van der Waals surface area contributed by atoms with E-state index in [4.69, 9.17) is 16.6 Å². The van der Waals surface area contributed by atoms with Gasteiger partial charge < -0.3 is 30.9 Å². The number of amides is 4. The molecule has 15 nitrogen and oxygen atoms in total. The van der Waals surface area contributed by atoms with Crippen LogP contribution in [0.5, 0.6) is 0 Å². The highest BCUT2D eigenvalue weighted by atomic mass is 35.5. The van der Waals surface area contributed by atoms with E-state index in [1.165, 1.54) is 20.2 Å². The Hall–Kier alpha value is -5.30. The Bertz CT molecular complexity index is 2700. The van der Waals surface area contributed by atoms with Crippen molar-refractivity contribution in [1.29, 1.82) is 0 Å². The monoisotopic (exact) mass is 994 g/mol. The van der Waals surface area contributed by atoms with Crippen LogP contribution in [0.1, 0.15) is 90.4 Å². The molecule has 0 radical (unpaired) electrons. The Kier molecular flexibility index (Phi) is 15.5. The Morgan fingerprint density at radius 3 is 2.22 bits per heavy atom. The van der Waals surface area contributed by atoms with Crippen molar-refractivity contribution in [2.24, 2.45) is 10.4 Å². The van der Waals surface area contributed by atoms with Gasteiger partial charge in [0.25, 0.3) is 0 Å². The lowest BCUT2D eigenvalue weighted by atomic mass is 9.85. The molecule has 3 aliphatic rings. The minimum atomic E-state index is -0.893. The summed E-state index contributed by atoms with van der Waals surface area (Å²) in [6, 6.07) is 15.5. The third-order valence-electron chi connectivity index (χ3n) is 13.4. The van der Waals surface area contributed by atoms with Crippen molar-refractivity contribution in [2.45, 2.75) is 98.5 Å². The molecule has 6 heterocycles. The van der Waals surface area contributed by atoms with Crippen molar-refractivity contribution in [1.82, 2.24) is 45.4 Å². The highest BCUT2D eigenvalue weighted by Crippen LogP contribution is 2.40. The molecule has 4 amide bonds. The van der Waals surface area contributed by atoms with E-state index in [1.54, 1.807) is 22.7 Å². The molecule has 0 saturated carbocycles. The molecule has 0 bridgehead atoms. The summed E-state index contributed by atoms with van der Waals surface area (Å²) in [6.45, 7) is 18.9. The molecule has 0 spiro atoms. The van der Waals surface area contributed by atoms with Gasteiger partial charge in [-0.1, -0.05) is 68.8 Å². The summed E-state index contributed by atoms with van der Waals surface area (Å²) < 4.78 is 2.04.